The van der Waals surface area contributed by atoms with Crippen molar-refractivity contribution in [2.75, 3.05) is 7.11 Å². The van der Waals surface area contributed by atoms with Crippen molar-refractivity contribution in [3.63, 3.8) is 0 Å². The first-order valence-corrected chi connectivity index (χ1v) is 7.91. The predicted octanol–water partition coefficient (Wildman–Crippen LogP) is 1.07. The van der Waals surface area contributed by atoms with Crippen molar-refractivity contribution < 1.29 is 14.3 Å². The summed E-state index contributed by atoms with van der Waals surface area (Å²) < 4.78 is 6.21. The van der Waals surface area contributed by atoms with Gasteiger partial charge in [0, 0.05) is 17.1 Å². The number of carbonyl (C=O) groups excluding carboxylic acids is 2. The second kappa shape index (κ2) is 6.89. The number of carbonyl (C=O) groups is 2. The van der Waals surface area contributed by atoms with Crippen LogP contribution in [0.25, 0.3) is 0 Å². The molecule has 0 radical (unpaired) electrons. The summed E-state index contributed by atoms with van der Waals surface area (Å²) in [6.45, 7) is 1.87. The molecule has 1 heterocycles. The van der Waals surface area contributed by atoms with Crippen LogP contribution >= 0.6 is 11.3 Å². The van der Waals surface area contributed by atoms with Crippen molar-refractivity contribution in [2.24, 2.45) is 5.92 Å². The van der Waals surface area contributed by atoms with Gasteiger partial charge in [0.2, 0.25) is 5.91 Å². The molecule has 0 saturated heterocycles. The molecular formula is C14H20N2O4S. The van der Waals surface area contributed by atoms with E-state index in [4.69, 9.17) is 4.74 Å². The van der Waals surface area contributed by atoms with Gasteiger partial charge in [0.15, 0.2) is 0 Å². The monoisotopic (exact) mass is 312 g/mol. The molecule has 0 aromatic carbocycles. The molecule has 1 aliphatic carbocycles. The quantitative estimate of drug-likeness (QED) is 0.844. The first-order valence-electron chi connectivity index (χ1n) is 7.03. The molecule has 0 atom stereocenters. The summed E-state index contributed by atoms with van der Waals surface area (Å²) in [4.78, 5) is 34.9. The number of hydrogen-bond acceptors (Lipinski definition) is 5. The van der Waals surface area contributed by atoms with Crippen LogP contribution in [0.3, 0.4) is 0 Å². The molecule has 1 aromatic heterocycles. The van der Waals surface area contributed by atoms with Gasteiger partial charge in [-0.2, -0.15) is 0 Å². The standard InChI is InChI=1S/C14H20N2O4S/c1-9-8-21-14(19)16(9)7-12(17)15-11-5-3-10(4-6-11)13(18)20-2/h8,10-11H,3-7H2,1-2H3,(H,15,17). The molecule has 1 amide bonds. The highest BCUT2D eigenvalue weighted by molar-refractivity contribution is 7.07. The average Bonchev–Trinajstić information content (AvgIpc) is 2.79. The molecule has 1 aliphatic rings. The van der Waals surface area contributed by atoms with Gasteiger partial charge in [-0.05, 0) is 32.6 Å². The zero-order valence-corrected chi connectivity index (χ0v) is 13.1. The third kappa shape index (κ3) is 3.93. The van der Waals surface area contributed by atoms with Gasteiger partial charge in [-0.15, -0.1) is 0 Å². The van der Waals surface area contributed by atoms with Crippen molar-refractivity contribution in [1.82, 2.24) is 9.88 Å². The number of methoxy groups -OCH3 is 1. The first kappa shape index (κ1) is 15.8. The topological polar surface area (TPSA) is 77.4 Å². The maximum absolute atomic E-state index is 12.0. The molecule has 1 N–H and O–H groups in total. The van der Waals surface area contributed by atoms with E-state index < -0.39 is 0 Å². The lowest BCUT2D eigenvalue weighted by Gasteiger charge is -2.27. The lowest BCUT2D eigenvalue weighted by Crippen LogP contribution is -2.41. The minimum atomic E-state index is -0.166. The number of hydrogen-bond donors (Lipinski definition) is 1. The molecule has 21 heavy (non-hydrogen) atoms. The normalized spacial score (nSPS) is 21.8. The first-order chi connectivity index (χ1) is 10.0. The molecule has 2 rings (SSSR count). The lowest BCUT2D eigenvalue weighted by atomic mass is 9.86. The van der Waals surface area contributed by atoms with Crippen LogP contribution in [0.4, 0.5) is 0 Å². The Balaban J connectivity index is 1.82. The molecule has 116 valence electrons. The molecule has 7 heteroatoms. The van der Waals surface area contributed by atoms with Crippen molar-refractivity contribution in [2.45, 2.75) is 45.2 Å². The van der Waals surface area contributed by atoms with E-state index in [2.05, 4.69) is 5.32 Å². The van der Waals surface area contributed by atoms with Gasteiger partial charge in [0.25, 0.3) is 0 Å². The van der Waals surface area contributed by atoms with Crippen LogP contribution in [0.2, 0.25) is 0 Å². The zero-order valence-electron chi connectivity index (χ0n) is 12.3. The smallest absolute Gasteiger partial charge is 0.308 e. The number of aromatic nitrogens is 1. The van der Waals surface area contributed by atoms with E-state index in [1.807, 2.05) is 6.92 Å². The second-order valence-electron chi connectivity index (χ2n) is 5.37. The summed E-state index contributed by atoms with van der Waals surface area (Å²) in [5, 5.41) is 4.69. The number of esters is 1. The van der Waals surface area contributed by atoms with Crippen LogP contribution < -0.4 is 10.2 Å². The minimum Gasteiger partial charge on any atom is -0.469 e. The predicted molar refractivity (Wildman–Crippen MR) is 79.2 cm³/mol. The van der Waals surface area contributed by atoms with Crippen LogP contribution in [0.15, 0.2) is 10.2 Å². The summed E-state index contributed by atoms with van der Waals surface area (Å²) in [5.41, 5.74) is 0.801. The fourth-order valence-electron chi connectivity index (χ4n) is 2.65. The molecule has 1 fully saturated rings. The number of amides is 1. The average molecular weight is 312 g/mol. The van der Waals surface area contributed by atoms with Crippen molar-refractivity contribution >= 4 is 23.2 Å². The molecule has 1 aromatic rings. The maximum Gasteiger partial charge on any atom is 0.308 e. The van der Waals surface area contributed by atoms with E-state index in [0.29, 0.717) is 0 Å². The van der Waals surface area contributed by atoms with Crippen LogP contribution in [-0.2, 0) is 20.9 Å². The van der Waals surface area contributed by atoms with Gasteiger partial charge < -0.3 is 10.1 Å². The molecule has 0 spiro atoms. The van der Waals surface area contributed by atoms with Gasteiger partial charge >= 0.3 is 10.8 Å². The number of nitrogens with one attached hydrogen (secondary N) is 1. The van der Waals surface area contributed by atoms with E-state index in [9.17, 15) is 14.4 Å². The molecule has 0 unspecified atom stereocenters. The molecular weight excluding hydrogens is 292 g/mol. The van der Waals surface area contributed by atoms with Crippen LogP contribution in [0.1, 0.15) is 31.4 Å². The molecule has 0 bridgehead atoms. The highest BCUT2D eigenvalue weighted by Gasteiger charge is 2.27. The SMILES string of the molecule is COC(=O)C1CCC(NC(=O)Cn2c(C)csc2=O)CC1. The number of nitrogens with zero attached hydrogens (tertiary/aromatic N) is 1. The second-order valence-corrected chi connectivity index (χ2v) is 6.19. The van der Waals surface area contributed by atoms with Crippen molar-refractivity contribution in [3.8, 4) is 0 Å². The van der Waals surface area contributed by atoms with Gasteiger partial charge in [-0.1, -0.05) is 11.3 Å². The van der Waals surface area contributed by atoms with E-state index in [-0.39, 0.29) is 35.3 Å². The van der Waals surface area contributed by atoms with Gasteiger partial charge in [-0.3, -0.25) is 19.0 Å². The van der Waals surface area contributed by atoms with Gasteiger partial charge in [0.05, 0.1) is 13.0 Å². The summed E-state index contributed by atoms with van der Waals surface area (Å²) in [6, 6.07) is 0.0769. The van der Waals surface area contributed by atoms with Crippen LogP contribution in [0.5, 0.6) is 0 Å². The Morgan fingerprint density at radius 2 is 2.05 bits per heavy atom. The Morgan fingerprint density at radius 1 is 1.38 bits per heavy atom. The van der Waals surface area contributed by atoms with Gasteiger partial charge in [0.1, 0.15) is 6.54 Å². The fourth-order valence-corrected chi connectivity index (χ4v) is 3.39. The summed E-state index contributed by atoms with van der Waals surface area (Å²) in [7, 11) is 1.40. The zero-order chi connectivity index (χ0) is 15.4. The Morgan fingerprint density at radius 3 is 2.57 bits per heavy atom. The number of thiazole rings is 1. The summed E-state index contributed by atoms with van der Waals surface area (Å²) >= 11 is 1.10. The summed E-state index contributed by atoms with van der Waals surface area (Å²) in [5.74, 6) is -0.370. The van der Waals surface area contributed by atoms with Gasteiger partial charge in [-0.25, -0.2) is 0 Å². The highest BCUT2D eigenvalue weighted by atomic mass is 32.1. The van der Waals surface area contributed by atoms with Crippen molar-refractivity contribution in [3.05, 3.63) is 20.7 Å². The van der Waals surface area contributed by atoms with Crippen LogP contribution in [0, 0.1) is 12.8 Å². The Kier molecular flexibility index (Phi) is 5.17. The summed E-state index contributed by atoms with van der Waals surface area (Å²) in [6.07, 6.45) is 3.00. The minimum absolute atomic E-state index is 0.0510. The lowest BCUT2D eigenvalue weighted by molar-refractivity contribution is -0.146. The highest BCUT2D eigenvalue weighted by Crippen LogP contribution is 2.25. The molecule has 6 nitrogen and oxygen atoms in total. The molecule has 1 saturated carbocycles. The van der Waals surface area contributed by atoms with Crippen LogP contribution in [-0.4, -0.2) is 29.6 Å². The fraction of sp³-hybridized carbons (Fsp3) is 0.643. The number of aryl methyl sites for hydroxylation is 1. The largest absolute Gasteiger partial charge is 0.469 e. The number of ether oxygens (including phenoxy) is 1. The van der Waals surface area contributed by atoms with E-state index in [1.165, 1.54) is 11.7 Å². The van der Waals surface area contributed by atoms with Crippen molar-refractivity contribution in [1.29, 1.82) is 0 Å². The van der Waals surface area contributed by atoms with E-state index in [1.54, 1.807) is 5.38 Å². The third-order valence-electron chi connectivity index (χ3n) is 3.90. The Hall–Kier alpha value is -1.63. The van der Waals surface area contributed by atoms with E-state index >= 15 is 0 Å². The Labute approximate surface area is 127 Å². The maximum atomic E-state index is 12.0. The van der Waals surface area contributed by atoms with E-state index in [0.717, 1.165) is 42.7 Å². The Bertz CT molecular complexity index is 570. The molecule has 0 aliphatic heterocycles. The third-order valence-corrected chi connectivity index (χ3v) is 4.79. The number of rotatable bonds is 4.